The summed E-state index contributed by atoms with van der Waals surface area (Å²) in [6.45, 7) is 9.16. The van der Waals surface area contributed by atoms with Gasteiger partial charge in [0.25, 0.3) is 0 Å². The fraction of sp³-hybridized carbons (Fsp3) is 0.917. The van der Waals surface area contributed by atoms with Gasteiger partial charge in [-0.05, 0) is 18.8 Å². The highest BCUT2D eigenvalue weighted by atomic mass is 17.2. The number of ketones is 1. The van der Waals surface area contributed by atoms with E-state index in [2.05, 4.69) is 20.8 Å². The number of hydrogen-bond acceptors (Lipinski definition) is 3. The Morgan fingerprint density at radius 2 is 1.87 bits per heavy atom. The number of hydrogen-bond donors (Lipinski definition) is 0. The Kier molecular flexibility index (Phi) is 7.61. The molecule has 0 saturated carbocycles. The van der Waals surface area contributed by atoms with Gasteiger partial charge in [0, 0.05) is 12.8 Å². The lowest BCUT2D eigenvalue weighted by molar-refractivity contribution is -0.290. The molecule has 0 fully saturated rings. The Labute approximate surface area is 93.1 Å². The van der Waals surface area contributed by atoms with E-state index in [-0.39, 0.29) is 11.2 Å². The van der Waals surface area contributed by atoms with Gasteiger partial charge in [-0.1, -0.05) is 27.2 Å². The molecule has 0 aromatic rings. The van der Waals surface area contributed by atoms with Crippen LogP contribution in [0.4, 0.5) is 0 Å². The number of rotatable bonds is 9. The second-order valence-corrected chi connectivity index (χ2v) is 4.61. The summed E-state index contributed by atoms with van der Waals surface area (Å²) in [5, 5.41) is 0. The fourth-order valence-electron chi connectivity index (χ4n) is 1.69. The van der Waals surface area contributed by atoms with Crippen LogP contribution in [0.1, 0.15) is 53.4 Å². The summed E-state index contributed by atoms with van der Waals surface area (Å²) >= 11 is 0. The van der Waals surface area contributed by atoms with Crippen molar-refractivity contribution in [2.75, 3.05) is 13.2 Å². The second kappa shape index (κ2) is 7.83. The molecule has 0 aliphatic rings. The Hall–Kier alpha value is -0.410. The fourth-order valence-corrected chi connectivity index (χ4v) is 1.69. The maximum Gasteiger partial charge on any atom is 0.135 e. The molecular formula is C12H24O3. The number of carbonyl (C=O) groups excluding carboxylic acids is 1. The van der Waals surface area contributed by atoms with Crippen LogP contribution in [-0.2, 0) is 14.6 Å². The maximum absolute atomic E-state index is 11.6. The van der Waals surface area contributed by atoms with Crippen LogP contribution >= 0.6 is 0 Å². The van der Waals surface area contributed by atoms with Crippen molar-refractivity contribution in [1.82, 2.24) is 0 Å². The summed E-state index contributed by atoms with van der Waals surface area (Å²) in [7, 11) is 0. The summed E-state index contributed by atoms with van der Waals surface area (Å²) in [5.41, 5.74) is 0.122. The van der Waals surface area contributed by atoms with Gasteiger partial charge in [0.15, 0.2) is 0 Å². The number of carbonyl (C=O) groups is 1. The first-order valence-electron chi connectivity index (χ1n) is 5.78. The van der Waals surface area contributed by atoms with Gasteiger partial charge in [-0.3, -0.25) is 4.79 Å². The molecule has 0 bridgehead atoms. The van der Waals surface area contributed by atoms with Gasteiger partial charge in [0.05, 0.1) is 13.2 Å². The monoisotopic (exact) mass is 216 g/mol. The summed E-state index contributed by atoms with van der Waals surface area (Å²) in [4.78, 5) is 21.1. The Morgan fingerprint density at radius 1 is 1.20 bits per heavy atom. The molecule has 0 N–H and O–H groups in total. The standard InChI is InChI=1S/C12H24O3/c1-5-8-12(3,4)10-11(13)7-9-15-14-6-2/h5-10H2,1-4H3. The zero-order valence-corrected chi connectivity index (χ0v) is 10.5. The van der Waals surface area contributed by atoms with E-state index in [1.807, 2.05) is 6.92 Å². The van der Waals surface area contributed by atoms with Crippen molar-refractivity contribution in [2.45, 2.75) is 53.4 Å². The largest absolute Gasteiger partial charge is 0.300 e. The van der Waals surface area contributed by atoms with E-state index >= 15 is 0 Å². The van der Waals surface area contributed by atoms with Gasteiger partial charge in [0.1, 0.15) is 5.78 Å². The summed E-state index contributed by atoms with van der Waals surface area (Å²) < 4.78 is 0. The van der Waals surface area contributed by atoms with Gasteiger partial charge < -0.3 is 0 Å². The molecule has 0 aromatic heterocycles. The first-order valence-corrected chi connectivity index (χ1v) is 5.78. The van der Waals surface area contributed by atoms with Crippen LogP contribution in [0, 0.1) is 5.41 Å². The molecule has 90 valence electrons. The van der Waals surface area contributed by atoms with Gasteiger partial charge >= 0.3 is 0 Å². The smallest absolute Gasteiger partial charge is 0.135 e. The molecule has 0 spiro atoms. The van der Waals surface area contributed by atoms with E-state index < -0.39 is 0 Å². The molecule has 15 heavy (non-hydrogen) atoms. The molecule has 0 aliphatic heterocycles. The third-order valence-electron chi connectivity index (χ3n) is 2.27. The minimum absolute atomic E-state index is 0.122. The van der Waals surface area contributed by atoms with Gasteiger partial charge in [0.2, 0.25) is 0 Å². The molecule has 0 saturated heterocycles. The molecule has 0 aromatic carbocycles. The van der Waals surface area contributed by atoms with Crippen LogP contribution in [0.5, 0.6) is 0 Å². The van der Waals surface area contributed by atoms with Crippen LogP contribution in [0.3, 0.4) is 0 Å². The lowest BCUT2D eigenvalue weighted by atomic mass is 9.82. The summed E-state index contributed by atoms with van der Waals surface area (Å²) in [5.74, 6) is 0.258. The SMILES string of the molecule is CCCC(C)(C)CC(=O)CCOOCC. The maximum atomic E-state index is 11.6. The van der Waals surface area contributed by atoms with Crippen molar-refractivity contribution < 1.29 is 14.6 Å². The van der Waals surface area contributed by atoms with Crippen LogP contribution < -0.4 is 0 Å². The predicted molar refractivity (Wildman–Crippen MR) is 60.5 cm³/mol. The Balaban J connectivity index is 3.63. The van der Waals surface area contributed by atoms with Crippen molar-refractivity contribution in [3.63, 3.8) is 0 Å². The average molecular weight is 216 g/mol. The second-order valence-electron chi connectivity index (χ2n) is 4.61. The normalized spacial score (nSPS) is 11.7. The summed E-state index contributed by atoms with van der Waals surface area (Å²) in [6.07, 6.45) is 3.30. The van der Waals surface area contributed by atoms with E-state index in [0.717, 1.165) is 12.8 Å². The highest BCUT2D eigenvalue weighted by molar-refractivity contribution is 5.79. The van der Waals surface area contributed by atoms with Gasteiger partial charge in [-0.25, -0.2) is 9.78 Å². The lowest BCUT2D eigenvalue weighted by Gasteiger charge is -2.22. The third kappa shape index (κ3) is 8.58. The van der Waals surface area contributed by atoms with E-state index in [1.54, 1.807) is 0 Å². The van der Waals surface area contributed by atoms with Crippen LogP contribution in [0.15, 0.2) is 0 Å². The molecule has 0 radical (unpaired) electrons. The molecule has 3 nitrogen and oxygen atoms in total. The van der Waals surface area contributed by atoms with Crippen molar-refractivity contribution in [2.24, 2.45) is 5.41 Å². The molecule has 0 heterocycles. The highest BCUT2D eigenvalue weighted by Gasteiger charge is 2.20. The third-order valence-corrected chi connectivity index (χ3v) is 2.27. The first kappa shape index (κ1) is 14.6. The molecule has 0 aliphatic carbocycles. The zero-order chi connectivity index (χ0) is 11.7. The topological polar surface area (TPSA) is 35.5 Å². The Bertz CT molecular complexity index is 176. The molecule has 0 amide bonds. The van der Waals surface area contributed by atoms with Crippen molar-refractivity contribution in [1.29, 1.82) is 0 Å². The van der Waals surface area contributed by atoms with Crippen LogP contribution in [0.25, 0.3) is 0 Å². The molecule has 0 unspecified atom stereocenters. The van der Waals surface area contributed by atoms with E-state index in [9.17, 15) is 4.79 Å². The number of Topliss-reactive ketones (excluding diaryl/α,β-unsaturated/α-hetero) is 1. The summed E-state index contributed by atoms with van der Waals surface area (Å²) in [6, 6.07) is 0. The van der Waals surface area contributed by atoms with Crippen molar-refractivity contribution >= 4 is 5.78 Å². The van der Waals surface area contributed by atoms with Crippen LogP contribution in [-0.4, -0.2) is 19.0 Å². The predicted octanol–water partition coefficient (Wildman–Crippen LogP) is 3.13. The van der Waals surface area contributed by atoms with E-state index in [4.69, 9.17) is 9.78 Å². The van der Waals surface area contributed by atoms with E-state index in [0.29, 0.717) is 26.1 Å². The molecular weight excluding hydrogens is 192 g/mol. The lowest BCUT2D eigenvalue weighted by Crippen LogP contribution is -2.18. The Morgan fingerprint density at radius 3 is 2.40 bits per heavy atom. The minimum Gasteiger partial charge on any atom is -0.300 e. The molecule has 0 rings (SSSR count). The van der Waals surface area contributed by atoms with Gasteiger partial charge in [-0.2, -0.15) is 0 Å². The first-order chi connectivity index (χ1) is 7.02. The van der Waals surface area contributed by atoms with Crippen LogP contribution in [0.2, 0.25) is 0 Å². The van der Waals surface area contributed by atoms with Gasteiger partial charge in [-0.15, -0.1) is 0 Å². The van der Waals surface area contributed by atoms with Crippen molar-refractivity contribution in [3.8, 4) is 0 Å². The minimum atomic E-state index is 0.122. The van der Waals surface area contributed by atoms with Crippen molar-refractivity contribution in [3.05, 3.63) is 0 Å². The zero-order valence-electron chi connectivity index (χ0n) is 10.5. The van der Waals surface area contributed by atoms with E-state index in [1.165, 1.54) is 0 Å². The molecule has 3 heteroatoms. The highest BCUT2D eigenvalue weighted by Crippen LogP contribution is 2.27. The molecule has 0 atom stereocenters. The quantitative estimate of drug-likeness (QED) is 0.337. The average Bonchev–Trinajstić information content (AvgIpc) is 2.11.